The largest absolute Gasteiger partial charge is 0.497 e. The summed E-state index contributed by atoms with van der Waals surface area (Å²) < 4.78 is 7.36. The molecule has 3 aromatic rings. The van der Waals surface area contributed by atoms with E-state index in [-0.39, 0.29) is 5.54 Å². The maximum Gasteiger partial charge on any atom is 0.160 e. The minimum absolute atomic E-state index is 0.338. The van der Waals surface area contributed by atoms with Crippen LogP contribution in [-0.4, -0.2) is 27.2 Å². The molecule has 126 valence electrons. The van der Waals surface area contributed by atoms with Gasteiger partial charge in [-0.25, -0.2) is 9.97 Å². The fourth-order valence-electron chi connectivity index (χ4n) is 2.79. The first-order valence-electron chi connectivity index (χ1n) is 8.09. The highest BCUT2D eigenvalue weighted by molar-refractivity contribution is 5.72. The molecule has 0 aliphatic heterocycles. The summed E-state index contributed by atoms with van der Waals surface area (Å²) in [5.74, 6) is 1.83. The van der Waals surface area contributed by atoms with Crippen LogP contribution in [0.3, 0.4) is 0 Å². The third kappa shape index (κ3) is 3.57. The van der Waals surface area contributed by atoms with E-state index in [2.05, 4.69) is 27.8 Å². The van der Waals surface area contributed by atoms with E-state index >= 15 is 0 Å². The van der Waals surface area contributed by atoms with E-state index in [1.807, 2.05) is 39.1 Å². The molecule has 1 aromatic carbocycles. The van der Waals surface area contributed by atoms with Crippen LogP contribution in [0.5, 0.6) is 5.75 Å². The zero-order valence-electron chi connectivity index (χ0n) is 14.7. The van der Waals surface area contributed by atoms with E-state index in [0.29, 0.717) is 6.54 Å². The first-order valence-corrected chi connectivity index (χ1v) is 8.09. The fourth-order valence-corrected chi connectivity index (χ4v) is 2.79. The molecule has 0 saturated heterocycles. The summed E-state index contributed by atoms with van der Waals surface area (Å²) in [6.45, 7) is 6.74. The van der Waals surface area contributed by atoms with Gasteiger partial charge in [-0.3, -0.25) is 0 Å². The minimum Gasteiger partial charge on any atom is -0.497 e. The number of ether oxygens (including phenoxy) is 1. The molecule has 5 nitrogen and oxygen atoms in total. The van der Waals surface area contributed by atoms with Crippen molar-refractivity contribution in [3.05, 3.63) is 53.5 Å². The number of hydrogen-bond donors (Lipinski definition) is 1. The Morgan fingerprint density at radius 1 is 1.21 bits per heavy atom. The number of imidazole rings is 1. The van der Waals surface area contributed by atoms with Crippen LogP contribution < -0.4 is 10.5 Å². The highest BCUT2D eigenvalue weighted by Crippen LogP contribution is 2.21. The Kier molecular flexibility index (Phi) is 4.28. The van der Waals surface area contributed by atoms with Crippen molar-refractivity contribution in [2.24, 2.45) is 5.73 Å². The maximum absolute atomic E-state index is 6.25. The molecule has 2 heterocycles. The predicted molar refractivity (Wildman–Crippen MR) is 96.3 cm³/mol. The molecular formula is C19H24N4O. The Morgan fingerprint density at radius 2 is 1.92 bits per heavy atom. The topological polar surface area (TPSA) is 66.0 Å². The molecule has 0 fully saturated rings. The lowest BCUT2D eigenvalue weighted by molar-refractivity contribution is 0.414. The predicted octanol–water partition coefficient (Wildman–Crippen LogP) is 3.08. The molecule has 5 heteroatoms. The standard InChI is InChI=1S/C19H24N4O/c1-13-9-16-18(21-11-13)23(12-19(2,3)20)17(22-16)10-14-5-7-15(24-4)8-6-14/h5-9,11H,10,12,20H2,1-4H3. The van der Waals surface area contributed by atoms with Gasteiger partial charge in [0.05, 0.1) is 7.11 Å². The van der Waals surface area contributed by atoms with Crippen molar-refractivity contribution in [1.29, 1.82) is 0 Å². The number of fused-ring (bicyclic) bond motifs is 1. The first-order chi connectivity index (χ1) is 11.4. The van der Waals surface area contributed by atoms with Crippen LogP contribution >= 0.6 is 0 Å². The quantitative estimate of drug-likeness (QED) is 0.783. The monoisotopic (exact) mass is 324 g/mol. The smallest absolute Gasteiger partial charge is 0.160 e. The van der Waals surface area contributed by atoms with Gasteiger partial charge in [0.2, 0.25) is 0 Å². The lowest BCUT2D eigenvalue weighted by atomic mass is 10.1. The van der Waals surface area contributed by atoms with Crippen LogP contribution in [0.2, 0.25) is 0 Å². The summed E-state index contributed by atoms with van der Waals surface area (Å²) >= 11 is 0. The number of nitrogens with two attached hydrogens (primary N) is 1. The highest BCUT2D eigenvalue weighted by atomic mass is 16.5. The van der Waals surface area contributed by atoms with Crippen LogP contribution in [-0.2, 0) is 13.0 Å². The summed E-state index contributed by atoms with van der Waals surface area (Å²) in [6, 6.07) is 10.1. The molecule has 0 unspecified atom stereocenters. The van der Waals surface area contributed by atoms with Gasteiger partial charge in [0, 0.05) is 24.7 Å². The molecule has 0 saturated carbocycles. The number of methoxy groups -OCH3 is 1. The second-order valence-electron chi connectivity index (χ2n) is 6.98. The normalized spacial score (nSPS) is 11.9. The van der Waals surface area contributed by atoms with Crippen LogP contribution in [0.15, 0.2) is 36.5 Å². The maximum atomic E-state index is 6.25. The molecule has 0 aliphatic rings. The van der Waals surface area contributed by atoms with Crippen LogP contribution in [0.4, 0.5) is 0 Å². The molecule has 24 heavy (non-hydrogen) atoms. The Bertz CT molecular complexity index is 844. The van der Waals surface area contributed by atoms with E-state index in [9.17, 15) is 0 Å². The minimum atomic E-state index is -0.338. The molecule has 0 aliphatic carbocycles. The third-order valence-electron chi connectivity index (χ3n) is 3.89. The van der Waals surface area contributed by atoms with Crippen molar-refractivity contribution in [2.45, 2.75) is 39.3 Å². The second-order valence-corrected chi connectivity index (χ2v) is 6.98. The summed E-state index contributed by atoms with van der Waals surface area (Å²) in [6.07, 6.45) is 2.61. The number of pyridine rings is 1. The molecule has 2 N–H and O–H groups in total. The Morgan fingerprint density at radius 3 is 2.54 bits per heavy atom. The second kappa shape index (κ2) is 6.24. The molecule has 0 atom stereocenters. The van der Waals surface area contributed by atoms with Gasteiger partial charge >= 0.3 is 0 Å². The van der Waals surface area contributed by atoms with Crippen molar-refractivity contribution < 1.29 is 4.74 Å². The number of rotatable bonds is 5. The van der Waals surface area contributed by atoms with E-state index in [4.69, 9.17) is 15.5 Å². The average molecular weight is 324 g/mol. The van der Waals surface area contributed by atoms with E-state index in [1.54, 1.807) is 7.11 Å². The van der Waals surface area contributed by atoms with Crippen molar-refractivity contribution in [1.82, 2.24) is 14.5 Å². The van der Waals surface area contributed by atoms with Gasteiger partial charge in [-0.05, 0) is 50.1 Å². The average Bonchev–Trinajstić information content (AvgIpc) is 2.83. The van der Waals surface area contributed by atoms with Crippen molar-refractivity contribution >= 4 is 11.2 Å². The molecular weight excluding hydrogens is 300 g/mol. The first kappa shape index (κ1) is 16.5. The Balaban J connectivity index is 2.02. The van der Waals surface area contributed by atoms with Gasteiger partial charge in [-0.1, -0.05) is 12.1 Å². The summed E-state index contributed by atoms with van der Waals surface area (Å²) in [5.41, 5.74) is 10.0. The van der Waals surface area contributed by atoms with E-state index < -0.39 is 0 Å². The van der Waals surface area contributed by atoms with E-state index in [1.165, 1.54) is 5.56 Å². The molecule has 0 spiro atoms. The van der Waals surface area contributed by atoms with Crippen molar-refractivity contribution in [3.8, 4) is 5.75 Å². The van der Waals surface area contributed by atoms with Gasteiger partial charge in [0.15, 0.2) is 5.65 Å². The third-order valence-corrected chi connectivity index (χ3v) is 3.89. The lowest BCUT2D eigenvalue weighted by Crippen LogP contribution is -2.37. The molecule has 0 amide bonds. The van der Waals surface area contributed by atoms with E-state index in [0.717, 1.165) is 34.7 Å². The van der Waals surface area contributed by atoms with Gasteiger partial charge in [-0.2, -0.15) is 0 Å². The van der Waals surface area contributed by atoms with Gasteiger partial charge in [0.1, 0.15) is 17.1 Å². The van der Waals surface area contributed by atoms with Gasteiger partial charge in [-0.15, -0.1) is 0 Å². The van der Waals surface area contributed by atoms with Crippen molar-refractivity contribution in [3.63, 3.8) is 0 Å². The van der Waals surface area contributed by atoms with Crippen LogP contribution in [0, 0.1) is 6.92 Å². The Hall–Kier alpha value is -2.40. The lowest BCUT2D eigenvalue weighted by Gasteiger charge is -2.21. The number of aromatic nitrogens is 3. The number of hydrogen-bond acceptors (Lipinski definition) is 4. The molecule has 3 rings (SSSR count). The van der Waals surface area contributed by atoms with Gasteiger partial charge < -0.3 is 15.0 Å². The fraction of sp³-hybridized carbons (Fsp3) is 0.368. The van der Waals surface area contributed by atoms with Gasteiger partial charge in [0.25, 0.3) is 0 Å². The van der Waals surface area contributed by atoms with Crippen LogP contribution in [0.25, 0.3) is 11.2 Å². The zero-order chi connectivity index (χ0) is 17.3. The summed E-state index contributed by atoms with van der Waals surface area (Å²) in [5, 5.41) is 0. The summed E-state index contributed by atoms with van der Waals surface area (Å²) in [4.78, 5) is 9.39. The van der Waals surface area contributed by atoms with Crippen molar-refractivity contribution in [2.75, 3.05) is 7.11 Å². The summed E-state index contributed by atoms with van der Waals surface area (Å²) in [7, 11) is 1.67. The van der Waals surface area contributed by atoms with Crippen LogP contribution in [0.1, 0.15) is 30.8 Å². The zero-order valence-corrected chi connectivity index (χ0v) is 14.7. The molecule has 2 aromatic heterocycles. The molecule has 0 radical (unpaired) electrons. The number of nitrogens with zero attached hydrogens (tertiary/aromatic N) is 3. The number of benzene rings is 1. The SMILES string of the molecule is COc1ccc(Cc2nc3cc(C)cnc3n2CC(C)(C)N)cc1. The Labute approximate surface area is 142 Å². The highest BCUT2D eigenvalue weighted by Gasteiger charge is 2.19. The number of aryl methyl sites for hydroxylation is 1. The molecule has 0 bridgehead atoms.